The second-order valence-electron chi connectivity index (χ2n) is 9.11. The van der Waals surface area contributed by atoms with Gasteiger partial charge in [-0.05, 0) is 53.8 Å². The van der Waals surface area contributed by atoms with E-state index < -0.39 is 29.5 Å². The van der Waals surface area contributed by atoms with Crippen LogP contribution in [0, 0.1) is 5.82 Å². The highest BCUT2D eigenvalue weighted by Gasteiger charge is 2.36. The molecule has 0 aliphatic rings. The minimum atomic E-state index is -4.89. The van der Waals surface area contributed by atoms with Gasteiger partial charge in [0.2, 0.25) is 0 Å². The lowest BCUT2D eigenvalue weighted by molar-refractivity contribution is -0.140. The Labute approximate surface area is 224 Å². The topological polar surface area (TPSA) is 52.6 Å². The molecule has 0 saturated carbocycles. The van der Waals surface area contributed by atoms with Crippen molar-refractivity contribution in [3.8, 4) is 22.3 Å². The van der Waals surface area contributed by atoms with E-state index in [1.165, 1.54) is 25.1 Å². The van der Waals surface area contributed by atoms with Crippen LogP contribution in [0.2, 0.25) is 0 Å². The fourth-order valence-electron chi connectivity index (χ4n) is 3.69. The van der Waals surface area contributed by atoms with Gasteiger partial charge >= 0.3 is 18.1 Å². The summed E-state index contributed by atoms with van der Waals surface area (Å²) in [5, 5.41) is 0. The molecule has 0 unspecified atom stereocenters. The number of alkyl halides is 3. The number of hydrogen-bond acceptors (Lipinski definition) is 4. The van der Waals surface area contributed by atoms with Crippen LogP contribution < -0.4 is 0 Å². The predicted molar refractivity (Wildman–Crippen MR) is 141 cm³/mol. The highest BCUT2D eigenvalue weighted by molar-refractivity contribution is 5.87. The Morgan fingerprint density at radius 3 is 1.56 bits per heavy atom. The summed E-state index contributed by atoms with van der Waals surface area (Å²) in [6, 6.07) is 15.3. The van der Waals surface area contributed by atoms with E-state index in [4.69, 9.17) is 9.47 Å². The van der Waals surface area contributed by atoms with E-state index in [9.17, 15) is 22.8 Å². The van der Waals surface area contributed by atoms with Crippen molar-refractivity contribution in [2.24, 2.45) is 0 Å². The van der Waals surface area contributed by atoms with Gasteiger partial charge < -0.3 is 9.47 Å². The summed E-state index contributed by atoms with van der Waals surface area (Å²) in [5.74, 6) is -2.36. The molecule has 0 aromatic heterocycles. The second-order valence-corrected chi connectivity index (χ2v) is 9.11. The first-order valence-electron chi connectivity index (χ1n) is 12.1. The number of carbonyl (C=O) groups is 2. The molecule has 0 saturated heterocycles. The van der Waals surface area contributed by atoms with Crippen LogP contribution >= 0.6 is 0 Å². The molecule has 0 atom stereocenters. The second kappa shape index (κ2) is 12.6. The molecule has 4 nitrogen and oxygen atoms in total. The first-order chi connectivity index (χ1) is 18.4. The predicted octanol–water partition coefficient (Wildman–Crippen LogP) is 7.50. The SMILES string of the molecule is C=C(C)C(=O)OCCc1ccc(-c2cc(-c3ccc(CCOC(=O)C(=C)C)cc3)c(F)c(C(F)(F)F)c2)cc1. The molecule has 0 N–H and O–H groups in total. The molecule has 0 spiro atoms. The molecular formula is C31H28F4O4. The molecule has 8 heteroatoms. The Morgan fingerprint density at radius 2 is 1.15 bits per heavy atom. The molecule has 0 bridgehead atoms. The third-order valence-corrected chi connectivity index (χ3v) is 5.87. The van der Waals surface area contributed by atoms with Crippen molar-refractivity contribution in [3.05, 3.63) is 107 Å². The molecule has 0 aliphatic carbocycles. The zero-order chi connectivity index (χ0) is 28.7. The largest absolute Gasteiger partial charge is 0.462 e. The Kier molecular flexibility index (Phi) is 9.46. The number of ether oxygens (including phenoxy) is 2. The fourth-order valence-corrected chi connectivity index (χ4v) is 3.69. The molecule has 3 rings (SSSR count). The van der Waals surface area contributed by atoms with Crippen LogP contribution in [0.4, 0.5) is 17.6 Å². The smallest absolute Gasteiger partial charge is 0.419 e. The van der Waals surface area contributed by atoms with Crippen LogP contribution in [0.15, 0.2) is 85.0 Å². The molecule has 0 fully saturated rings. The van der Waals surface area contributed by atoms with Crippen LogP contribution in [-0.2, 0) is 38.1 Å². The van der Waals surface area contributed by atoms with Crippen molar-refractivity contribution in [1.82, 2.24) is 0 Å². The lowest BCUT2D eigenvalue weighted by Crippen LogP contribution is -2.10. The van der Waals surface area contributed by atoms with Crippen LogP contribution in [0.25, 0.3) is 22.3 Å². The van der Waals surface area contributed by atoms with Gasteiger partial charge in [-0.3, -0.25) is 0 Å². The average Bonchev–Trinajstić information content (AvgIpc) is 2.89. The van der Waals surface area contributed by atoms with Crippen molar-refractivity contribution in [2.75, 3.05) is 13.2 Å². The maximum Gasteiger partial charge on any atom is 0.419 e. The highest BCUT2D eigenvalue weighted by atomic mass is 19.4. The number of hydrogen-bond donors (Lipinski definition) is 0. The molecule has 0 heterocycles. The fraction of sp³-hybridized carbons (Fsp3) is 0.226. The number of esters is 2. The van der Waals surface area contributed by atoms with Crippen molar-refractivity contribution >= 4 is 11.9 Å². The number of halogens is 4. The molecule has 0 aliphatic heterocycles. The Bertz CT molecular complexity index is 1370. The van der Waals surface area contributed by atoms with Crippen LogP contribution in [-0.4, -0.2) is 25.2 Å². The van der Waals surface area contributed by atoms with Gasteiger partial charge in [-0.25, -0.2) is 14.0 Å². The van der Waals surface area contributed by atoms with Crippen molar-refractivity contribution < 1.29 is 36.6 Å². The number of carbonyl (C=O) groups excluding carboxylic acids is 2. The van der Waals surface area contributed by atoms with Gasteiger partial charge in [0.05, 0.1) is 18.8 Å². The van der Waals surface area contributed by atoms with Gasteiger partial charge in [0.15, 0.2) is 0 Å². The first-order valence-corrected chi connectivity index (χ1v) is 12.1. The van der Waals surface area contributed by atoms with Crippen molar-refractivity contribution in [2.45, 2.75) is 32.9 Å². The summed E-state index contributed by atoms with van der Waals surface area (Å²) in [6.45, 7) is 10.3. The Balaban J connectivity index is 1.84. The van der Waals surface area contributed by atoms with E-state index in [-0.39, 0.29) is 41.1 Å². The van der Waals surface area contributed by atoms with Crippen LogP contribution in [0.1, 0.15) is 30.5 Å². The standard InChI is InChI=1S/C31H28F4O4/c1-19(2)29(36)38-15-13-21-5-9-23(10-6-21)25-17-26(28(32)27(18-25)31(33,34)35)24-11-7-22(8-12-24)14-16-39-30(37)20(3)4/h5-12,17-18H,1,3,13-16H2,2,4H3. The molecular weight excluding hydrogens is 512 g/mol. The van der Waals surface area contributed by atoms with Crippen molar-refractivity contribution in [1.29, 1.82) is 0 Å². The number of benzene rings is 3. The van der Waals surface area contributed by atoms with E-state index in [1.807, 2.05) is 0 Å². The normalized spacial score (nSPS) is 11.1. The molecule has 3 aromatic carbocycles. The quantitative estimate of drug-likeness (QED) is 0.152. The third kappa shape index (κ3) is 7.89. The van der Waals surface area contributed by atoms with E-state index in [0.29, 0.717) is 18.4 Å². The number of rotatable bonds is 10. The third-order valence-electron chi connectivity index (χ3n) is 5.87. The summed E-state index contributed by atoms with van der Waals surface area (Å²) in [6.07, 6.45) is -4.09. The zero-order valence-corrected chi connectivity index (χ0v) is 21.7. The van der Waals surface area contributed by atoms with Gasteiger partial charge in [-0.2, -0.15) is 13.2 Å². The van der Waals surface area contributed by atoms with Gasteiger partial charge in [0, 0.05) is 29.6 Å². The average molecular weight is 541 g/mol. The van der Waals surface area contributed by atoms with Crippen molar-refractivity contribution in [3.63, 3.8) is 0 Å². The van der Waals surface area contributed by atoms with Gasteiger partial charge in [-0.15, -0.1) is 0 Å². The molecule has 204 valence electrons. The van der Waals surface area contributed by atoms with Gasteiger partial charge in [0.25, 0.3) is 0 Å². The van der Waals surface area contributed by atoms with E-state index >= 15 is 4.39 Å². The summed E-state index contributed by atoms with van der Waals surface area (Å²) >= 11 is 0. The summed E-state index contributed by atoms with van der Waals surface area (Å²) < 4.78 is 66.5. The first kappa shape index (κ1) is 29.4. The van der Waals surface area contributed by atoms with E-state index in [2.05, 4.69) is 13.2 Å². The Hall–Kier alpha value is -4.20. The van der Waals surface area contributed by atoms with Crippen LogP contribution in [0.3, 0.4) is 0 Å². The molecule has 0 amide bonds. The maximum absolute atomic E-state index is 15.1. The van der Waals surface area contributed by atoms with Gasteiger partial charge in [0.1, 0.15) is 5.82 Å². The lowest BCUT2D eigenvalue weighted by Gasteiger charge is -2.15. The van der Waals surface area contributed by atoms with E-state index in [0.717, 1.165) is 17.2 Å². The highest BCUT2D eigenvalue weighted by Crippen LogP contribution is 2.39. The monoisotopic (exact) mass is 540 g/mol. The van der Waals surface area contributed by atoms with Gasteiger partial charge in [-0.1, -0.05) is 61.7 Å². The molecule has 39 heavy (non-hydrogen) atoms. The molecule has 3 aromatic rings. The molecule has 0 radical (unpaired) electrons. The summed E-state index contributed by atoms with van der Waals surface area (Å²) in [7, 11) is 0. The zero-order valence-electron chi connectivity index (χ0n) is 21.7. The summed E-state index contributed by atoms with van der Waals surface area (Å²) in [5.41, 5.74) is 1.56. The minimum absolute atomic E-state index is 0.111. The summed E-state index contributed by atoms with van der Waals surface area (Å²) in [4.78, 5) is 23.0. The van der Waals surface area contributed by atoms with E-state index in [1.54, 1.807) is 43.3 Å². The maximum atomic E-state index is 15.1. The lowest BCUT2D eigenvalue weighted by atomic mass is 9.94. The Morgan fingerprint density at radius 1 is 0.718 bits per heavy atom. The minimum Gasteiger partial charge on any atom is -0.462 e. The van der Waals surface area contributed by atoms with Crippen LogP contribution in [0.5, 0.6) is 0 Å².